The van der Waals surface area contributed by atoms with Crippen molar-refractivity contribution < 1.29 is 0 Å². The zero-order chi connectivity index (χ0) is 22.9. The molecule has 1 saturated heterocycles. The van der Waals surface area contributed by atoms with E-state index in [2.05, 4.69) is 76.8 Å². The molecule has 5 nitrogen and oxygen atoms in total. The molecular formula is C28H33N5S. The topological polar surface area (TPSA) is 43.8 Å². The smallest absolute Gasteiger partial charge is 0.158 e. The lowest BCUT2D eigenvalue weighted by molar-refractivity contribution is 0.134. The van der Waals surface area contributed by atoms with Crippen LogP contribution >= 0.6 is 11.3 Å². The van der Waals surface area contributed by atoms with Crippen molar-refractivity contribution in [2.75, 3.05) is 32.0 Å². The summed E-state index contributed by atoms with van der Waals surface area (Å²) in [6.07, 6.45) is 7.45. The number of hydrogen-bond acceptors (Lipinski definition) is 6. The second kappa shape index (κ2) is 9.51. The first-order valence-electron chi connectivity index (χ1n) is 12.7. The summed E-state index contributed by atoms with van der Waals surface area (Å²) < 4.78 is 0. The fraction of sp³-hybridized carbons (Fsp3) is 0.429. The van der Waals surface area contributed by atoms with E-state index in [1.165, 1.54) is 36.3 Å². The Morgan fingerprint density at radius 2 is 1.79 bits per heavy atom. The second-order valence-electron chi connectivity index (χ2n) is 9.89. The van der Waals surface area contributed by atoms with Gasteiger partial charge in [0.25, 0.3) is 0 Å². The molecule has 1 N–H and O–H groups in total. The zero-order valence-corrected chi connectivity index (χ0v) is 20.7. The first-order valence-corrected chi connectivity index (χ1v) is 13.5. The van der Waals surface area contributed by atoms with E-state index in [-0.39, 0.29) is 0 Å². The van der Waals surface area contributed by atoms with E-state index < -0.39 is 0 Å². The molecule has 3 heterocycles. The lowest BCUT2D eigenvalue weighted by atomic mass is 10.0. The van der Waals surface area contributed by atoms with Gasteiger partial charge in [0.15, 0.2) is 5.84 Å². The predicted molar refractivity (Wildman–Crippen MR) is 142 cm³/mol. The summed E-state index contributed by atoms with van der Waals surface area (Å²) in [6.45, 7) is 3.01. The maximum atomic E-state index is 5.24. The van der Waals surface area contributed by atoms with Crippen molar-refractivity contribution in [1.82, 2.24) is 14.8 Å². The van der Waals surface area contributed by atoms with E-state index in [0.717, 1.165) is 60.4 Å². The third-order valence-electron chi connectivity index (χ3n) is 7.62. The lowest BCUT2D eigenvalue weighted by Crippen LogP contribution is -2.53. The number of para-hydroxylation sites is 2. The molecule has 2 fully saturated rings. The fourth-order valence-corrected chi connectivity index (χ4v) is 6.68. The molecule has 3 aromatic rings. The number of nitrogens with zero attached hydrogens (tertiary/aromatic N) is 4. The molecule has 0 radical (unpaired) electrons. The highest BCUT2D eigenvalue weighted by Crippen LogP contribution is 2.43. The van der Waals surface area contributed by atoms with E-state index in [9.17, 15) is 0 Å². The number of aromatic nitrogens is 1. The van der Waals surface area contributed by atoms with Crippen LogP contribution in [0, 0.1) is 0 Å². The van der Waals surface area contributed by atoms with Crippen LogP contribution in [-0.4, -0.2) is 53.3 Å². The van der Waals surface area contributed by atoms with Crippen LogP contribution in [0.3, 0.4) is 0 Å². The van der Waals surface area contributed by atoms with Gasteiger partial charge in [-0.2, -0.15) is 0 Å². The van der Waals surface area contributed by atoms with Gasteiger partial charge < -0.3 is 10.2 Å². The van der Waals surface area contributed by atoms with E-state index in [4.69, 9.17) is 9.98 Å². The number of anilines is 2. The first kappa shape index (κ1) is 21.8. The Morgan fingerprint density at radius 1 is 1.00 bits per heavy atom. The highest BCUT2D eigenvalue weighted by molar-refractivity contribution is 7.16. The molecule has 1 atom stereocenters. The van der Waals surface area contributed by atoms with Gasteiger partial charge >= 0.3 is 0 Å². The molecule has 0 spiro atoms. The maximum Gasteiger partial charge on any atom is 0.158 e. The molecule has 1 unspecified atom stereocenters. The number of fused-ring (bicyclic) bond motifs is 2. The van der Waals surface area contributed by atoms with Crippen molar-refractivity contribution in [2.45, 2.75) is 50.5 Å². The van der Waals surface area contributed by atoms with Crippen molar-refractivity contribution >= 4 is 33.5 Å². The molecule has 0 bridgehead atoms. The van der Waals surface area contributed by atoms with Gasteiger partial charge in [-0.15, -0.1) is 11.3 Å². The van der Waals surface area contributed by atoms with Gasteiger partial charge in [-0.3, -0.25) is 4.90 Å². The molecule has 6 heteroatoms. The third kappa shape index (κ3) is 4.37. The third-order valence-corrected chi connectivity index (χ3v) is 8.76. The lowest BCUT2D eigenvalue weighted by Gasteiger charge is -2.40. The van der Waals surface area contributed by atoms with E-state index >= 15 is 0 Å². The summed E-state index contributed by atoms with van der Waals surface area (Å²) >= 11 is 1.85. The van der Waals surface area contributed by atoms with E-state index in [1.807, 2.05) is 11.3 Å². The highest BCUT2D eigenvalue weighted by atomic mass is 32.1. The van der Waals surface area contributed by atoms with Crippen LogP contribution < -0.4 is 5.32 Å². The second-order valence-corrected chi connectivity index (χ2v) is 10.9. The monoisotopic (exact) mass is 471 g/mol. The number of nitrogens with one attached hydrogen (secondary N) is 1. The first-order chi connectivity index (χ1) is 16.7. The van der Waals surface area contributed by atoms with Crippen molar-refractivity contribution in [3.8, 4) is 0 Å². The normalized spacial score (nSPS) is 20.9. The Bertz CT molecular complexity index is 1160. The predicted octanol–water partition coefficient (Wildman–Crippen LogP) is 6.18. The molecule has 2 aromatic carbocycles. The molecular weight excluding hydrogens is 438 g/mol. The van der Waals surface area contributed by atoms with E-state index in [0.29, 0.717) is 12.0 Å². The molecule has 1 aliphatic carbocycles. The largest absolute Gasteiger partial charge is 0.352 e. The van der Waals surface area contributed by atoms with Crippen LogP contribution in [0.4, 0.5) is 16.4 Å². The quantitative estimate of drug-likeness (QED) is 0.493. The van der Waals surface area contributed by atoms with Gasteiger partial charge in [0.1, 0.15) is 10.7 Å². The van der Waals surface area contributed by atoms with Gasteiger partial charge in [-0.1, -0.05) is 55.3 Å². The van der Waals surface area contributed by atoms with Crippen LogP contribution in [0.1, 0.15) is 54.3 Å². The van der Waals surface area contributed by atoms with Crippen LogP contribution in [0.15, 0.2) is 59.6 Å². The molecule has 2 aliphatic heterocycles. The molecule has 6 rings (SSSR count). The summed E-state index contributed by atoms with van der Waals surface area (Å²) in [6, 6.07) is 19.8. The molecule has 34 heavy (non-hydrogen) atoms. The van der Waals surface area contributed by atoms with Crippen molar-refractivity contribution in [1.29, 1.82) is 0 Å². The summed E-state index contributed by atoms with van der Waals surface area (Å²) in [4.78, 5) is 15.5. The minimum atomic E-state index is 0.500. The Kier molecular flexibility index (Phi) is 6.10. The number of amidine groups is 1. The van der Waals surface area contributed by atoms with Gasteiger partial charge in [0.05, 0.1) is 16.4 Å². The molecule has 0 amide bonds. The minimum absolute atomic E-state index is 0.500. The molecule has 1 aromatic heterocycles. The van der Waals surface area contributed by atoms with Crippen LogP contribution in [0.25, 0.3) is 0 Å². The Labute approximate surface area is 206 Å². The Hall–Kier alpha value is -2.70. The van der Waals surface area contributed by atoms with Gasteiger partial charge in [-0.25, -0.2) is 9.98 Å². The summed E-state index contributed by atoms with van der Waals surface area (Å²) in [5, 5.41) is 6.13. The van der Waals surface area contributed by atoms with E-state index in [1.54, 1.807) is 0 Å². The van der Waals surface area contributed by atoms with Gasteiger partial charge in [0.2, 0.25) is 0 Å². The van der Waals surface area contributed by atoms with Crippen molar-refractivity contribution in [3.63, 3.8) is 0 Å². The number of likely N-dealkylation sites (N-methyl/N-ethyl adjacent to an activating group) is 1. The SMILES string of the molecule is CN1CCN(C2=Nc3ccccc3Nc3sc(C4CCCC4)nc32)CC1CCc1ccccc1. The Balaban J connectivity index is 1.30. The summed E-state index contributed by atoms with van der Waals surface area (Å²) in [7, 11) is 2.27. The summed E-state index contributed by atoms with van der Waals surface area (Å²) in [5.41, 5.74) is 4.55. The number of hydrogen-bond donors (Lipinski definition) is 1. The average Bonchev–Trinajstić information content (AvgIpc) is 3.52. The zero-order valence-electron chi connectivity index (χ0n) is 19.9. The van der Waals surface area contributed by atoms with Crippen LogP contribution in [-0.2, 0) is 6.42 Å². The molecule has 176 valence electrons. The Morgan fingerprint density at radius 3 is 2.65 bits per heavy atom. The van der Waals surface area contributed by atoms with Gasteiger partial charge in [-0.05, 0) is 50.4 Å². The summed E-state index contributed by atoms with van der Waals surface area (Å²) in [5.74, 6) is 1.66. The van der Waals surface area contributed by atoms with Crippen LogP contribution in [0.5, 0.6) is 0 Å². The number of aliphatic imine (C=N–C) groups is 1. The maximum absolute atomic E-state index is 5.24. The number of benzene rings is 2. The highest BCUT2D eigenvalue weighted by Gasteiger charge is 2.32. The number of thiazole rings is 1. The number of rotatable bonds is 4. The molecule has 3 aliphatic rings. The van der Waals surface area contributed by atoms with Crippen molar-refractivity contribution in [2.24, 2.45) is 4.99 Å². The number of aryl methyl sites for hydroxylation is 1. The fourth-order valence-electron chi connectivity index (χ4n) is 5.54. The minimum Gasteiger partial charge on any atom is -0.352 e. The molecule has 1 saturated carbocycles. The number of piperazine rings is 1. The average molecular weight is 472 g/mol. The van der Waals surface area contributed by atoms with Crippen molar-refractivity contribution in [3.05, 3.63) is 70.9 Å². The van der Waals surface area contributed by atoms with Gasteiger partial charge in [0, 0.05) is 31.6 Å². The standard InChI is InChI=1S/C28H33N5S/c1-32-17-18-33(19-22(32)16-15-20-9-3-2-4-10-20)26-25-28(30-24-14-8-7-13-23(24)29-26)34-27(31-25)21-11-5-6-12-21/h2-4,7-10,13-14,21-22,30H,5-6,11-12,15-19H2,1H3. The van der Waals surface area contributed by atoms with Crippen LogP contribution in [0.2, 0.25) is 0 Å².